The number of nitrogens with one attached hydrogen (secondary N) is 1. The molecule has 0 radical (unpaired) electrons. The number of aromatic amines is 1. The van der Waals surface area contributed by atoms with Crippen molar-refractivity contribution < 1.29 is 14.7 Å². The van der Waals surface area contributed by atoms with E-state index in [1.54, 1.807) is 6.20 Å². The van der Waals surface area contributed by atoms with Crippen LogP contribution < -0.4 is 0 Å². The first kappa shape index (κ1) is 13.5. The monoisotopic (exact) mass is 343 g/mol. The van der Waals surface area contributed by atoms with Crippen molar-refractivity contribution in [3.05, 3.63) is 36.0 Å². The summed E-state index contributed by atoms with van der Waals surface area (Å²) in [5.74, 6) is -2.18. The van der Waals surface area contributed by atoms with Gasteiger partial charge in [0.1, 0.15) is 0 Å². The fraction of sp³-hybridized carbons (Fsp3) is 0.0909. The number of rotatable bonds is 3. The molecule has 0 aliphatic carbocycles. The Kier molecular flexibility index (Phi) is 4.82. The molecule has 0 saturated carbocycles. The molecule has 0 unspecified atom stereocenters. The maximum atomic E-state index is 11.0. The van der Waals surface area contributed by atoms with Crippen molar-refractivity contribution in [1.82, 2.24) is 4.98 Å². The number of aliphatic carboxylic acids is 1. The summed E-state index contributed by atoms with van der Waals surface area (Å²) < 4.78 is 0. The van der Waals surface area contributed by atoms with Crippen LogP contribution in [-0.2, 0) is 16.0 Å². The number of aromatic nitrogens is 1. The van der Waals surface area contributed by atoms with Crippen LogP contribution >= 0.6 is 0 Å². The molecule has 1 aromatic carbocycles. The second-order valence-corrected chi connectivity index (χ2v) is 3.26. The second-order valence-electron chi connectivity index (χ2n) is 3.26. The van der Waals surface area contributed by atoms with Crippen LogP contribution in [0.3, 0.4) is 0 Å². The summed E-state index contributed by atoms with van der Waals surface area (Å²) in [7, 11) is 0. The molecule has 0 atom stereocenters. The van der Waals surface area contributed by atoms with E-state index >= 15 is 0 Å². The minimum atomic E-state index is -1.39. The van der Waals surface area contributed by atoms with E-state index in [2.05, 4.69) is 4.98 Å². The Balaban J connectivity index is 0.00000128. The molecule has 16 heavy (non-hydrogen) atoms. The number of hydrogen-bond donors (Lipinski definition) is 2. The van der Waals surface area contributed by atoms with E-state index in [9.17, 15) is 9.59 Å². The van der Waals surface area contributed by atoms with Gasteiger partial charge >= 0.3 is 54.9 Å². The molecule has 0 aliphatic heterocycles. The molecule has 0 bridgehead atoms. The molecule has 0 aliphatic rings. The van der Waals surface area contributed by atoms with Gasteiger partial charge in [-0.15, -0.1) is 0 Å². The van der Waals surface area contributed by atoms with Gasteiger partial charge in [0.25, 0.3) is 0 Å². The van der Waals surface area contributed by atoms with Crippen molar-refractivity contribution in [2.24, 2.45) is 0 Å². The molecule has 2 rings (SSSR count). The second kappa shape index (κ2) is 5.70. The van der Waals surface area contributed by atoms with Crippen LogP contribution in [-0.4, -0.2) is 70.7 Å². The average Bonchev–Trinajstić information content (AvgIpc) is 2.62. The Labute approximate surface area is 132 Å². The maximum absolute atomic E-state index is 11.0. The quantitative estimate of drug-likeness (QED) is 0.628. The van der Waals surface area contributed by atoms with Gasteiger partial charge in [-0.2, -0.15) is 0 Å². The van der Waals surface area contributed by atoms with E-state index in [0.29, 0.717) is 0 Å². The van der Waals surface area contributed by atoms with Gasteiger partial charge in [-0.05, 0) is 11.6 Å². The van der Waals surface area contributed by atoms with Gasteiger partial charge in [0, 0.05) is 23.5 Å². The molecule has 1 aromatic heterocycles. The molecule has 80 valence electrons. The van der Waals surface area contributed by atoms with E-state index in [1.807, 2.05) is 24.3 Å². The van der Waals surface area contributed by atoms with Crippen LogP contribution in [0.25, 0.3) is 10.9 Å². The zero-order valence-corrected chi connectivity index (χ0v) is 7.86. The van der Waals surface area contributed by atoms with Gasteiger partial charge in [0.2, 0.25) is 5.78 Å². The zero-order valence-electron chi connectivity index (χ0n) is 7.86. The number of carboxylic acid groups (broad SMARTS) is 1. The molecular weight excluding hydrogens is 331 g/mol. The Morgan fingerprint density at radius 3 is 2.62 bits per heavy atom. The zero-order chi connectivity index (χ0) is 10.8. The summed E-state index contributed by atoms with van der Waals surface area (Å²) >= 11 is 0. The van der Waals surface area contributed by atoms with Crippen molar-refractivity contribution in [3.63, 3.8) is 0 Å². The van der Waals surface area contributed by atoms with Gasteiger partial charge < -0.3 is 10.1 Å². The normalized spacial score (nSPS) is 9.75. The van der Waals surface area contributed by atoms with Crippen molar-refractivity contribution in [3.8, 4) is 0 Å². The molecule has 1 heterocycles. The third kappa shape index (κ3) is 2.78. The number of fused-ring (bicyclic) bond motifs is 1. The molecule has 5 heteroatoms. The SMILES string of the molecule is O=C(O)C(=O)Cc1c[nH]c2ccccc12.[BaH2]. The van der Waals surface area contributed by atoms with E-state index in [-0.39, 0.29) is 55.3 Å². The van der Waals surface area contributed by atoms with Crippen molar-refractivity contribution in [2.45, 2.75) is 6.42 Å². The Morgan fingerprint density at radius 2 is 1.94 bits per heavy atom. The van der Waals surface area contributed by atoms with Gasteiger partial charge in [-0.25, -0.2) is 4.79 Å². The van der Waals surface area contributed by atoms with Gasteiger partial charge in [0.05, 0.1) is 0 Å². The van der Waals surface area contributed by atoms with Crippen molar-refractivity contribution in [2.75, 3.05) is 0 Å². The molecule has 0 fully saturated rings. The molecule has 0 amide bonds. The summed E-state index contributed by atoms with van der Waals surface area (Å²) in [6, 6.07) is 7.47. The van der Waals surface area contributed by atoms with Crippen LogP contribution in [0.2, 0.25) is 0 Å². The number of carbonyl (C=O) groups excluding carboxylic acids is 1. The number of H-pyrrole nitrogens is 1. The number of ketones is 1. The first-order chi connectivity index (χ1) is 7.18. The van der Waals surface area contributed by atoms with Gasteiger partial charge in [-0.1, -0.05) is 18.2 Å². The standard InChI is InChI=1S/C11H9NO3.Ba.2H/c13-10(11(14)15)5-7-6-12-9-4-2-1-3-8(7)9;;;/h1-4,6,12H,5H2,(H,14,15);;;. The molecule has 2 aromatic rings. The molecule has 2 N–H and O–H groups in total. The number of carbonyl (C=O) groups is 2. The third-order valence-corrected chi connectivity index (χ3v) is 2.26. The van der Waals surface area contributed by atoms with Gasteiger partial charge in [-0.3, -0.25) is 4.79 Å². The topological polar surface area (TPSA) is 70.2 Å². The van der Waals surface area contributed by atoms with Crippen molar-refractivity contribution in [1.29, 1.82) is 0 Å². The van der Waals surface area contributed by atoms with Crippen LogP contribution in [0.1, 0.15) is 5.56 Å². The van der Waals surface area contributed by atoms with Crippen molar-refractivity contribution >= 4 is 71.5 Å². The number of Topliss-reactive ketones (excluding diaryl/α,β-unsaturated/α-hetero) is 1. The van der Waals surface area contributed by atoms with E-state index in [1.165, 1.54) is 0 Å². The van der Waals surface area contributed by atoms with E-state index in [4.69, 9.17) is 5.11 Å². The molecular formula is C11H11BaNO3. The predicted molar refractivity (Wildman–Crippen MR) is 63.2 cm³/mol. The Bertz CT molecular complexity index is 533. The number of hydrogen-bond acceptors (Lipinski definition) is 2. The number of carboxylic acids is 1. The summed E-state index contributed by atoms with van der Waals surface area (Å²) in [6.07, 6.45) is 1.60. The Hall–Kier alpha value is -0.529. The fourth-order valence-electron chi connectivity index (χ4n) is 1.53. The van der Waals surface area contributed by atoms with Crippen LogP contribution in [0, 0.1) is 0 Å². The summed E-state index contributed by atoms with van der Waals surface area (Å²) in [5.41, 5.74) is 1.63. The average molecular weight is 343 g/mol. The third-order valence-electron chi connectivity index (χ3n) is 2.26. The fourth-order valence-corrected chi connectivity index (χ4v) is 1.53. The Morgan fingerprint density at radius 1 is 1.25 bits per heavy atom. The van der Waals surface area contributed by atoms with Crippen LogP contribution in [0.15, 0.2) is 30.5 Å². The number of para-hydroxylation sites is 1. The van der Waals surface area contributed by atoms with E-state index < -0.39 is 11.8 Å². The first-order valence-electron chi connectivity index (χ1n) is 4.49. The predicted octanol–water partition coefficient (Wildman–Crippen LogP) is 0.448. The van der Waals surface area contributed by atoms with Crippen LogP contribution in [0.5, 0.6) is 0 Å². The summed E-state index contributed by atoms with van der Waals surface area (Å²) in [5, 5.41) is 9.39. The first-order valence-corrected chi connectivity index (χ1v) is 4.49. The minimum absolute atomic E-state index is 0. The molecule has 4 nitrogen and oxygen atoms in total. The van der Waals surface area contributed by atoms with Gasteiger partial charge in [0.15, 0.2) is 0 Å². The number of benzene rings is 1. The summed E-state index contributed by atoms with van der Waals surface area (Å²) in [6.45, 7) is 0. The van der Waals surface area contributed by atoms with Crippen LogP contribution in [0.4, 0.5) is 0 Å². The molecule has 0 saturated heterocycles. The summed E-state index contributed by atoms with van der Waals surface area (Å²) in [4.78, 5) is 24.4. The molecule has 0 spiro atoms. The van der Waals surface area contributed by atoms with E-state index in [0.717, 1.165) is 16.5 Å².